The maximum absolute atomic E-state index is 13.0. The predicted octanol–water partition coefficient (Wildman–Crippen LogP) is 3.60. The second-order valence-electron chi connectivity index (χ2n) is 3.93. The molecule has 1 aromatic carbocycles. The molecule has 0 aliphatic rings. The molecule has 0 spiro atoms. The normalized spacial score (nSPS) is 13.4. The van der Waals surface area contributed by atoms with Crippen molar-refractivity contribution in [2.24, 2.45) is 0 Å². The molecule has 1 N–H and O–H groups in total. The van der Waals surface area contributed by atoms with Gasteiger partial charge in [0.25, 0.3) is 0 Å². The minimum atomic E-state index is -4.22. The minimum Gasteiger partial charge on any atom is -0.493 e. The first kappa shape index (κ1) is 14.8. The summed E-state index contributed by atoms with van der Waals surface area (Å²) in [6.07, 6.45) is -6.26. The molecular formula is C12H14F4O2. The highest BCUT2D eigenvalue weighted by molar-refractivity contribution is 5.35. The van der Waals surface area contributed by atoms with Crippen LogP contribution in [0.3, 0.4) is 0 Å². The van der Waals surface area contributed by atoms with E-state index in [1.807, 2.05) is 0 Å². The van der Waals surface area contributed by atoms with Gasteiger partial charge in [-0.05, 0) is 25.5 Å². The topological polar surface area (TPSA) is 29.5 Å². The fourth-order valence-corrected chi connectivity index (χ4v) is 1.43. The van der Waals surface area contributed by atoms with E-state index < -0.39 is 24.5 Å². The van der Waals surface area contributed by atoms with Crippen LogP contribution in [-0.2, 0) is 0 Å². The lowest BCUT2D eigenvalue weighted by Gasteiger charge is -2.14. The van der Waals surface area contributed by atoms with E-state index >= 15 is 0 Å². The zero-order valence-corrected chi connectivity index (χ0v) is 9.80. The monoisotopic (exact) mass is 266 g/mol. The van der Waals surface area contributed by atoms with Gasteiger partial charge < -0.3 is 9.84 Å². The number of rotatable bonds is 5. The largest absolute Gasteiger partial charge is 0.493 e. The van der Waals surface area contributed by atoms with Crippen molar-refractivity contribution < 1.29 is 27.4 Å². The number of hydrogen-bond acceptors (Lipinski definition) is 2. The van der Waals surface area contributed by atoms with Gasteiger partial charge in [-0.3, -0.25) is 0 Å². The van der Waals surface area contributed by atoms with E-state index in [2.05, 4.69) is 0 Å². The van der Waals surface area contributed by atoms with Crippen LogP contribution in [-0.4, -0.2) is 17.9 Å². The van der Waals surface area contributed by atoms with Gasteiger partial charge in [0.2, 0.25) is 0 Å². The highest BCUT2D eigenvalue weighted by Crippen LogP contribution is 2.27. The zero-order valence-electron chi connectivity index (χ0n) is 9.80. The number of aliphatic hydroxyl groups excluding tert-OH is 1. The first-order chi connectivity index (χ1) is 8.29. The molecule has 0 saturated heterocycles. The first-order valence-corrected chi connectivity index (χ1v) is 5.46. The highest BCUT2D eigenvalue weighted by Gasteiger charge is 2.26. The summed E-state index contributed by atoms with van der Waals surface area (Å²) in [4.78, 5) is 0. The summed E-state index contributed by atoms with van der Waals surface area (Å²) in [5.74, 6) is -0.489. The second kappa shape index (κ2) is 6.04. The zero-order chi connectivity index (χ0) is 13.8. The van der Waals surface area contributed by atoms with Gasteiger partial charge in [0.05, 0.1) is 12.7 Å². The van der Waals surface area contributed by atoms with Crippen LogP contribution in [0.25, 0.3) is 0 Å². The number of benzene rings is 1. The minimum absolute atomic E-state index is 0.0761. The number of halogens is 4. The molecule has 0 aromatic heterocycles. The van der Waals surface area contributed by atoms with E-state index in [1.165, 1.54) is 13.0 Å². The Morgan fingerprint density at radius 3 is 2.56 bits per heavy atom. The van der Waals surface area contributed by atoms with Crippen LogP contribution in [0.15, 0.2) is 18.2 Å². The van der Waals surface area contributed by atoms with Crippen LogP contribution in [0.2, 0.25) is 0 Å². The Bertz CT molecular complexity index is 388. The Morgan fingerprint density at radius 2 is 2.00 bits per heavy atom. The van der Waals surface area contributed by atoms with Crippen LogP contribution in [0.4, 0.5) is 17.6 Å². The van der Waals surface area contributed by atoms with Crippen LogP contribution in [0.5, 0.6) is 5.75 Å². The molecule has 18 heavy (non-hydrogen) atoms. The molecule has 102 valence electrons. The molecule has 0 heterocycles. The highest BCUT2D eigenvalue weighted by atomic mass is 19.4. The van der Waals surface area contributed by atoms with E-state index in [0.717, 1.165) is 12.1 Å². The Kier molecular flexibility index (Phi) is 4.95. The molecule has 0 saturated carbocycles. The molecule has 0 fully saturated rings. The predicted molar refractivity (Wildman–Crippen MR) is 57.8 cm³/mol. The molecule has 0 amide bonds. The Labute approximate surface area is 102 Å². The lowest BCUT2D eigenvalue weighted by molar-refractivity contribution is -0.136. The number of ether oxygens (including phenoxy) is 1. The molecule has 1 atom stereocenters. The molecule has 6 heteroatoms. The number of hydrogen-bond donors (Lipinski definition) is 1. The summed E-state index contributed by atoms with van der Waals surface area (Å²) in [7, 11) is 0. The van der Waals surface area contributed by atoms with Crippen LogP contribution >= 0.6 is 0 Å². The third-order valence-electron chi connectivity index (χ3n) is 2.29. The van der Waals surface area contributed by atoms with Crippen molar-refractivity contribution in [3.63, 3.8) is 0 Å². The second-order valence-corrected chi connectivity index (χ2v) is 3.93. The summed E-state index contributed by atoms with van der Waals surface area (Å²) in [6.45, 7) is 1.29. The van der Waals surface area contributed by atoms with Gasteiger partial charge in [-0.2, -0.15) is 13.2 Å². The smallest absolute Gasteiger partial charge is 0.389 e. The van der Waals surface area contributed by atoms with Crippen molar-refractivity contribution in [3.8, 4) is 5.75 Å². The average molecular weight is 266 g/mol. The number of alkyl halides is 3. The molecule has 0 aliphatic carbocycles. The first-order valence-electron chi connectivity index (χ1n) is 5.46. The van der Waals surface area contributed by atoms with Crippen molar-refractivity contribution in [1.82, 2.24) is 0 Å². The summed E-state index contributed by atoms with van der Waals surface area (Å²) in [5, 5.41) is 9.40. The lowest BCUT2D eigenvalue weighted by atomic mass is 10.1. The molecule has 1 unspecified atom stereocenters. The van der Waals surface area contributed by atoms with Crippen molar-refractivity contribution in [2.45, 2.75) is 32.0 Å². The van der Waals surface area contributed by atoms with Crippen LogP contribution < -0.4 is 4.74 Å². The van der Waals surface area contributed by atoms with Gasteiger partial charge in [0.15, 0.2) is 0 Å². The molecule has 0 bridgehead atoms. The third-order valence-corrected chi connectivity index (χ3v) is 2.29. The van der Waals surface area contributed by atoms with E-state index in [9.17, 15) is 22.7 Å². The van der Waals surface area contributed by atoms with Crippen LogP contribution in [0, 0.1) is 5.82 Å². The maximum Gasteiger partial charge on any atom is 0.389 e. The van der Waals surface area contributed by atoms with Gasteiger partial charge in [-0.25, -0.2) is 4.39 Å². The van der Waals surface area contributed by atoms with E-state index in [0.29, 0.717) is 5.56 Å². The Balaban J connectivity index is 2.58. The fourth-order valence-electron chi connectivity index (χ4n) is 1.43. The molecule has 0 radical (unpaired) electrons. The van der Waals surface area contributed by atoms with Gasteiger partial charge in [0.1, 0.15) is 11.6 Å². The standard InChI is InChI=1S/C12H14F4O2/c1-8(17)10-4-3-9(13)7-11(10)18-6-2-5-12(14,15)16/h3-4,7-8,17H,2,5-6H2,1H3. The van der Waals surface area contributed by atoms with Gasteiger partial charge in [-0.15, -0.1) is 0 Å². The average Bonchev–Trinajstić information content (AvgIpc) is 2.22. The molecular weight excluding hydrogens is 252 g/mol. The van der Waals surface area contributed by atoms with Crippen LogP contribution in [0.1, 0.15) is 31.4 Å². The van der Waals surface area contributed by atoms with Gasteiger partial charge in [-0.1, -0.05) is 0 Å². The number of aliphatic hydroxyl groups is 1. The SMILES string of the molecule is CC(O)c1ccc(F)cc1OCCCC(F)(F)F. The summed E-state index contributed by atoms with van der Waals surface area (Å²) >= 11 is 0. The quantitative estimate of drug-likeness (QED) is 0.651. The van der Waals surface area contributed by atoms with E-state index in [-0.39, 0.29) is 18.8 Å². The van der Waals surface area contributed by atoms with Crippen molar-refractivity contribution >= 4 is 0 Å². The Morgan fingerprint density at radius 1 is 1.33 bits per heavy atom. The fraction of sp³-hybridized carbons (Fsp3) is 0.500. The maximum atomic E-state index is 13.0. The lowest BCUT2D eigenvalue weighted by Crippen LogP contribution is -2.10. The molecule has 0 aliphatic heterocycles. The summed E-state index contributed by atoms with van der Waals surface area (Å²) in [5.41, 5.74) is 0.350. The summed E-state index contributed by atoms with van der Waals surface area (Å²) < 4.78 is 53.7. The van der Waals surface area contributed by atoms with Crippen molar-refractivity contribution in [3.05, 3.63) is 29.6 Å². The van der Waals surface area contributed by atoms with Crippen molar-refractivity contribution in [1.29, 1.82) is 0 Å². The van der Waals surface area contributed by atoms with E-state index in [4.69, 9.17) is 4.74 Å². The summed E-state index contributed by atoms with van der Waals surface area (Å²) in [6, 6.07) is 3.55. The van der Waals surface area contributed by atoms with Gasteiger partial charge in [0, 0.05) is 18.1 Å². The van der Waals surface area contributed by atoms with Crippen molar-refractivity contribution in [2.75, 3.05) is 6.61 Å². The third kappa shape index (κ3) is 4.91. The molecule has 2 nitrogen and oxygen atoms in total. The Hall–Kier alpha value is -1.30. The van der Waals surface area contributed by atoms with E-state index in [1.54, 1.807) is 0 Å². The van der Waals surface area contributed by atoms with Gasteiger partial charge >= 0.3 is 6.18 Å². The molecule has 1 rings (SSSR count). The molecule has 1 aromatic rings.